The first-order valence-corrected chi connectivity index (χ1v) is 5.03. The molecule has 0 rings (SSSR count). The Morgan fingerprint density at radius 2 is 1.73 bits per heavy atom. The van der Waals surface area contributed by atoms with Gasteiger partial charge in [0.25, 0.3) is 0 Å². The Hall–Kier alpha value is -1.44. The van der Waals surface area contributed by atoms with Gasteiger partial charge in [0, 0.05) is 24.5 Å². The van der Waals surface area contributed by atoms with Crippen molar-refractivity contribution < 1.29 is 0 Å². The first kappa shape index (κ1) is 13.6. The summed E-state index contributed by atoms with van der Waals surface area (Å²) in [4.78, 5) is 8.49. The van der Waals surface area contributed by atoms with E-state index in [2.05, 4.69) is 37.0 Å². The molecular formula is C13H20N2. The largest absolute Gasteiger partial charge is 0.294 e. The highest BCUT2D eigenvalue weighted by molar-refractivity contribution is 5.90. The van der Waals surface area contributed by atoms with Crippen molar-refractivity contribution in [1.82, 2.24) is 0 Å². The van der Waals surface area contributed by atoms with E-state index in [1.54, 1.807) is 25.4 Å². The predicted molar refractivity (Wildman–Crippen MR) is 69.8 cm³/mol. The second-order valence-corrected chi connectivity index (χ2v) is 3.54. The van der Waals surface area contributed by atoms with Gasteiger partial charge < -0.3 is 0 Å². The minimum atomic E-state index is 0.432. The van der Waals surface area contributed by atoms with E-state index in [0.29, 0.717) is 5.92 Å². The quantitative estimate of drug-likeness (QED) is 0.484. The van der Waals surface area contributed by atoms with E-state index in [1.165, 1.54) is 0 Å². The lowest BCUT2D eigenvalue weighted by atomic mass is 10.1. The molecule has 0 radical (unpaired) electrons. The van der Waals surface area contributed by atoms with Crippen LogP contribution in [0.4, 0.5) is 0 Å². The van der Waals surface area contributed by atoms with Gasteiger partial charge in [-0.1, -0.05) is 39.2 Å². The average Bonchev–Trinajstić information content (AvgIpc) is 2.19. The number of allylic oxidation sites excluding steroid dienone is 4. The van der Waals surface area contributed by atoms with E-state index >= 15 is 0 Å². The van der Waals surface area contributed by atoms with Gasteiger partial charge >= 0.3 is 0 Å². The Labute approximate surface area is 92.8 Å². The van der Waals surface area contributed by atoms with Gasteiger partial charge in [-0.05, 0) is 12.8 Å². The maximum atomic E-state index is 4.51. The molecule has 0 saturated heterocycles. The van der Waals surface area contributed by atoms with Crippen molar-refractivity contribution >= 4 is 11.9 Å². The molecule has 0 aliphatic rings. The lowest BCUT2D eigenvalue weighted by molar-refractivity contribution is 0.877. The van der Waals surface area contributed by atoms with E-state index < -0.39 is 0 Å². The molecule has 0 fully saturated rings. The van der Waals surface area contributed by atoms with Gasteiger partial charge in [-0.25, -0.2) is 0 Å². The molecule has 0 amide bonds. The fourth-order valence-corrected chi connectivity index (χ4v) is 0.902. The molecule has 0 spiro atoms. The highest BCUT2D eigenvalue weighted by Gasteiger charge is 2.01. The number of nitrogens with zero attached hydrogens (tertiary/aromatic N) is 2. The molecule has 0 aromatic heterocycles. The molecule has 0 unspecified atom stereocenters. The second kappa shape index (κ2) is 6.93. The number of rotatable bonds is 5. The van der Waals surface area contributed by atoms with Crippen LogP contribution in [-0.4, -0.2) is 19.0 Å². The fraction of sp³-hybridized carbons (Fsp3) is 0.385. The molecule has 0 heterocycles. The third-order valence-corrected chi connectivity index (χ3v) is 2.12. The minimum absolute atomic E-state index is 0.432. The molecule has 0 atom stereocenters. The molecule has 2 nitrogen and oxygen atoms in total. The maximum Gasteiger partial charge on any atom is 0.0878 e. The monoisotopic (exact) mass is 204 g/mol. The molecule has 0 bridgehead atoms. The lowest BCUT2D eigenvalue weighted by Gasteiger charge is -2.05. The molecular weight excluding hydrogens is 184 g/mol. The van der Waals surface area contributed by atoms with Crippen LogP contribution in [0.3, 0.4) is 0 Å². The van der Waals surface area contributed by atoms with E-state index in [-0.39, 0.29) is 0 Å². The van der Waals surface area contributed by atoms with Crippen LogP contribution in [0.25, 0.3) is 0 Å². The normalized spacial score (nSPS) is 11.9. The Kier molecular flexibility index (Phi) is 6.27. The van der Waals surface area contributed by atoms with Crippen molar-refractivity contribution in [1.29, 1.82) is 0 Å². The molecule has 0 aromatic rings. The molecule has 0 aliphatic heterocycles. The van der Waals surface area contributed by atoms with Gasteiger partial charge in [-0.15, -0.1) is 0 Å². The Bertz CT molecular complexity index is 307. The molecule has 0 N–H and O–H groups in total. The van der Waals surface area contributed by atoms with Crippen LogP contribution >= 0.6 is 0 Å². The van der Waals surface area contributed by atoms with Gasteiger partial charge in [0.05, 0.1) is 5.70 Å². The first-order valence-electron chi connectivity index (χ1n) is 5.03. The number of aliphatic imine (C=N–C) groups is 2. The Morgan fingerprint density at radius 1 is 1.20 bits per heavy atom. The van der Waals surface area contributed by atoms with Crippen LogP contribution in [0.5, 0.6) is 0 Å². The molecule has 0 aliphatic carbocycles. The van der Waals surface area contributed by atoms with Crippen LogP contribution in [0, 0.1) is 5.92 Å². The summed E-state index contributed by atoms with van der Waals surface area (Å²) in [5, 5.41) is 0. The zero-order chi connectivity index (χ0) is 11.8. The smallest absolute Gasteiger partial charge is 0.0878 e. The molecule has 2 heteroatoms. The summed E-state index contributed by atoms with van der Waals surface area (Å²) >= 11 is 0. The van der Waals surface area contributed by atoms with Gasteiger partial charge in [0.1, 0.15) is 0 Å². The standard InChI is InChI=1S/C13H20N2/c1-7-12(8-2)13(9-14-6)15-11(5)10(3)4/h7-10H,1-2H2,3-6H3/b14-9-,15-11+. The van der Waals surface area contributed by atoms with Crippen molar-refractivity contribution in [2.75, 3.05) is 7.05 Å². The van der Waals surface area contributed by atoms with Crippen molar-refractivity contribution in [3.8, 4) is 0 Å². The second-order valence-electron chi connectivity index (χ2n) is 3.54. The van der Waals surface area contributed by atoms with E-state index in [0.717, 1.165) is 17.0 Å². The number of hydrogen-bond acceptors (Lipinski definition) is 2. The van der Waals surface area contributed by atoms with Crippen LogP contribution in [0.15, 0.2) is 46.6 Å². The third kappa shape index (κ3) is 4.54. The number of hydrogen-bond donors (Lipinski definition) is 0. The summed E-state index contributed by atoms with van der Waals surface area (Å²) in [6.07, 6.45) is 5.20. The summed E-state index contributed by atoms with van der Waals surface area (Å²) in [6.45, 7) is 13.7. The van der Waals surface area contributed by atoms with Gasteiger partial charge in [-0.2, -0.15) is 0 Å². The van der Waals surface area contributed by atoms with E-state index in [1.807, 2.05) is 6.92 Å². The van der Waals surface area contributed by atoms with Gasteiger partial charge in [-0.3, -0.25) is 9.98 Å². The van der Waals surface area contributed by atoms with Crippen LogP contribution in [0.1, 0.15) is 20.8 Å². The van der Waals surface area contributed by atoms with Crippen LogP contribution < -0.4 is 0 Å². The van der Waals surface area contributed by atoms with Gasteiger partial charge in [0.2, 0.25) is 0 Å². The molecule has 82 valence electrons. The zero-order valence-corrected chi connectivity index (χ0v) is 10.1. The topological polar surface area (TPSA) is 24.7 Å². The SMILES string of the molecule is C=CC(C=C)=C(/C=N\C)/N=C(\C)C(C)C. The van der Waals surface area contributed by atoms with Crippen molar-refractivity contribution in [3.63, 3.8) is 0 Å². The van der Waals surface area contributed by atoms with Crippen molar-refractivity contribution in [2.24, 2.45) is 15.9 Å². The highest BCUT2D eigenvalue weighted by Crippen LogP contribution is 2.09. The zero-order valence-electron chi connectivity index (χ0n) is 10.1. The van der Waals surface area contributed by atoms with Crippen molar-refractivity contribution in [3.05, 3.63) is 36.6 Å². The predicted octanol–water partition coefficient (Wildman–Crippen LogP) is 3.43. The summed E-state index contributed by atoms with van der Waals surface area (Å²) < 4.78 is 0. The van der Waals surface area contributed by atoms with Crippen LogP contribution in [-0.2, 0) is 0 Å². The summed E-state index contributed by atoms with van der Waals surface area (Å²) in [6, 6.07) is 0. The third-order valence-electron chi connectivity index (χ3n) is 2.12. The van der Waals surface area contributed by atoms with E-state index in [4.69, 9.17) is 0 Å². The summed E-state index contributed by atoms with van der Waals surface area (Å²) in [5.74, 6) is 0.432. The fourth-order valence-electron chi connectivity index (χ4n) is 0.902. The Balaban J connectivity index is 5.33. The molecule has 15 heavy (non-hydrogen) atoms. The lowest BCUT2D eigenvalue weighted by Crippen LogP contribution is -2.03. The Morgan fingerprint density at radius 3 is 2.07 bits per heavy atom. The maximum absolute atomic E-state index is 4.51. The summed E-state index contributed by atoms with van der Waals surface area (Å²) in [7, 11) is 1.73. The van der Waals surface area contributed by atoms with E-state index in [9.17, 15) is 0 Å². The first-order chi connectivity index (χ1) is 7.06. The van der Waals surface area contributed by atoms with Crippen molar-refractivity contribution in [2.45, 2.75) is 20.8 Å². The van der Waals surface area contributed by atoms with Gasteiger partial charge in [0.15, 0.2) is 0 Å². The van der Waals surface area contributed by atoms with Crippen LogP contribution in [0.2, 0.25) is 0 Å². The molecule has 0 saturated carbocycles. The summed E-state index contributed by atoms with van der Waals surface area (Å²) in [5.41, 5.74) is 2.79. The highest BCUT2D eigenvalue weighted by atomic mass is 14.8. The molecule has 0 aromatic carbocycles. The average molecular weight is 204 g/mol. The minimum Gasteiger partial charge on any atom is -0.294 e.